The van der Waals surface area contributed by atoms with Crippen molar-refractivity contribution in [3.63, 3.8) is 0 Å². The summed E-state index contributed by atoms with van der Waals surface area (Å²) in [6, 6.07) is 16.3. The van der Waals surface area contributed by atoms with Crippen LogP contribution in [0.4, 0.5) is 0 Å². The minimum absolute atomic E-state index is 0.862. The molecule has 0 N–H and O–H groups in total. The van der Waals surface area contributed by atoms with E-state index < -0.39 is 0 Å². The lowest BCUT2D eigenvalue weighted by Crippen LogP contribution is -1.83. The van der Waals surface area contributed by atoms with E-state index in [1.54, 1.807) is 7.11 Å². The molecule has 0 fully saturated rings. The molecule has 2 aromatic rings. The third-order valence-corrected chi connectivity index (χ3v) is 3.10. The molecule has 1 heteroatoms. The van der Waals surface area contributed by atoms with Crippen LogP contribution in [0.5, 0.6) is 5.75 Å². The van der Waals surface area contributed by atoms with E-state index in [4.69, 9.17) is 4.74 Å². The first kappa shape index (κ1) is 14.0. The van der Waals surface area contributed by atoms with Crippen LogP contribution in [0.15, 0.2) is 60.0 Å². The van der Waals surface area contributed by atoms with Crippen molar-refractivity contribution < 1.29 is 4.74 Å². The second kappa shape index (κ2) is 6.63. The molecule has 1 nitrogen and oxygen atoms in total. The molecule has 0 bridgehead atoms. The first-order chi connectivity index (χ1) is 9.69. The number of methoxy groups -OCH3 is 1. The summed E-state index contributed by atoms with van der Waals surface area (Å²) in [5, 5.41) is 0. The topological polar surface area (TPSA) is 9.23 Å². The minimum atomic E-state index is 0.862. The Labute approximate surface area is 120 Å². The van der Waals surface area contributed by atoms with E-state index in [0.717, 1.165) is 22.4 Å². The Morgan fingerprint density at radius 3 is 2.25 bits per heavy atom. The lowest BCUT2D eigenvalue weighted by Gasteiger charge is -2.01. The highest BCUT2D eigenvalue weighted by Gasteiger charge is 1.95. The van der Waals surface area contributed by atoms with Crippen molar-refractivity contribution in [2.75, 3.05) is 7.11 Å². The molecular formula is C19H18O. The Morgan fingerprint density at radius 2 is 1.65 bits per heavy atom. The highest BCUT2D eigenvalue weighted by atomic mass is 16.5. The predicted octanol–water partition coefficient (Wildman–Crippen LogP) is 4.87. The highest BCUT2D eigenvalue weighted by Crippen LogP contribution is 2.17. The van der Waals surface area contributed by atoms with Gasteiger partial charge in [0.2, 0.25) is 0 Å². The highest BCUT2D eigenvalue weighted by molar-refractivity contribution is 5.64. The van der Waals surface area contributed by atoms with Gasteiger partial charge in [0.05, 0.1) is 7.11 Å². The molecule has 0 heterocycles. The zero-order chi connectivity index (χ0) is 14.4. The third-order valence-electron chi connectivity index (χ3n) is 3.10. The van der Waals surface area contributed by atoms with E-state index in [-0.39, 0.29) is 0 Å². The largest absolute Gasteiger partial charge is 0.497 e. The Hall–Kier alpha value is -2.46. The third kappa shape index (κ3) is 3.76. The SMILES string of the molecule is COc1ccc(C(C)=C=C=Cc2ccc(C)cc2)cc1. The summed E-state index contributed by atoms with van der Waals surface area (Å²) in [7, 11) is 1.67. The molecule has 0 spiro atoms. The molecular weight excluding hydrogens is 244 g/mol. The molecule has 2 aromatic carbocycles. The van der Waals surface area contributed by atoms with Gasteiger partial charge in [0.1, 0.15) is 5.75 Å². The summed E-state index contributed by atoms with van der Waals surface area (Å²) >= 11 is 0. The van der Waals surface area contributed by atoms with Gasteiger partial charge in [0.25, 0.3) is 0 Å². The summed E-state index contributed by atoms with van der Waals surface area (Å²) in [6.07, 6.45) is 1.94. The summed E-state index contributed by atoms with van der Waals surface area (Å²) in [6.45, 7) is 4.11. The zero-order valence-corrected chi connectivity index (χ0v) is 12.1. The van der Waals surface area contributed by atoms with Crippen molar-refractivity contribution in [3.05, 3.63) is 76.7 Å². The Morgan fingerprint density at radius 1 is 1.00 bits per heavy atom. The van der Waals surface area contributed by atoms with Crippen molar-refractivity contribution in [1.29, 1.82) is 0 Å². The van der Waals surface area contributed by atoms with Crippen LogP contribution >= 0.6 is 0 Å². The van der Waals surface area contributed by atoms with Gasteiger partial charge in [-0.25, -0.2) is 0 Å². The average Bonchev–Trinajstić information content (AvgIpc) is 2.49. The van der Waals surface area contributed by atoms with Gasteiger partial charge in [0.15, 0.2) is 0 Å². The predicted molar refractivity (Wildman–Crippen MR) is 84.7 cm³/mol. The van der Waals surface area contributed by atoms with Crippen LogP contribution < -0.4 is 4.74 Å². The van der Waals surface area contributed by atoms with Crippen LogP contribution in [0.2, 0.25) is 0 Å². The first-order valence-corrected chi connectivity index (χ1v) is 6.58. The van der Waals surface area contributed by atoms with Gasteiger partial charge >= 0.3 is 0 Å². The zero-order valence-electron chi connectivity index (χ0n) is 12.1. The maximum atomic E-state index is 5.15. The van der Waals surface area contributed by atoms with Crippen LogP contribution in [-0.4, -0.2) is 7.11 Å². The van der Waals surface area contributed by atoms with Gasteiger partial charge in [0, 0.05) is 5.57 Å². The van der Waals surface area contributed by atoms with E-state index in [9.17, 15) is 0 Å². The maximum Gasteiger partial charge on any atom is 0.118 e. The molecule has 0 aliphatic heterocycles. The van der Waals surface area contributed by atoms with Crippen molar-refractivity contribution >= 4 is 11.6 Å². The van der Waals surface area contributed by atoms with Crippen molar-refractivity contribution in [1.82, 2.24) is 0 Å². The van der Waals surface area contributed by atoms with Crippen molar-refractivity contribution in [3.8, 4) is 5.75 Å². The Bertz CT molecular complexity index is 663. The molecule has 0 saturated heterocycles. The van der Waals surface area contributed by atoms with Crippen LogP contribution in [0, 0.1) is 6.92 Å². The van der Waals surface area contributed by atoms with Crippen LogP contribution in [0.1, 0.15) is 23.6 Å². The Balaban J connectivity index is 2.23. The lowest BCUT2D eigenvalue weighted by atomic mass is 10.1. The van der Waals surface area contributed by atoms with Crippen molar-refractivity contribution in [2.45, 2.75) is 13.8 Å². The number of rotatable bonds is 3. The summed E-state index contributed by atoms with van der Waals surface area (Å²) in [4.78, 5) is 0. The molecule has 0 amide bonds. The van der Waals surface area contributed by atoms with Gasteiger partial charge in [-0.05, 0) is 43.2 Å². The molecule has 20 heavy (non-hydrogen) atoms. The Kier molecular flexibility index (Phi) is 4.63. The van der Waals surface area contributed by atoms with E-state index in [1.165, 1.54) is 5.56 Å². The van der Waals surface area contributed by atoms with E-state index in [0.29, 0.717) is 0 Å². The minimum Gasteiger partial charge on any atom is -0.497 e. The monoisotopic (exact) mass is 262 g/mol. The molecule has 2 rings (SSSR count). The number of aryl methyl sites for hydroxylation is 1. The molecule has 0 aromatic heterocycles. The molecule has 0 unspecified atom stereocenters. The van der Waals surface area contributed by atoms with Crippen LogP contribution in [0.3, 0.4) is 0 Å². The summed E-state index contributed by atoms with van der Waals surface area (Å²) in [5.74, 6) is 0.862. The van der Waals surface area contributed by atoms with Crippen LogP contribution in [0.25, 0.3) is 11.6 Å². The average molecular weight is 262 g/mol. The second-order valence-corrected chi connectivity index (χ2v) is 4.68. The number of benzene rings is 2. The molecule has 0 radical (unpaired) electrons. The van der Waals surface area contributed by atoms with E-state index >= 15 is 0 Å². The molecule has 0 aliphatic rings. The fraction of sp³-hybridized carbons (Fsp3) is 0.158. The maximum absolute atomic E-state index is 5.15. The summed E-state index contributed by atoms with van der Waals surface area (Å²) < 4.78 is 5.15. The molecule has 0 saturated carbocycles. The smallest absolute Gasteiger partial charge is 0.118 e. The molecule has 0 aliphatic carbocycles. The fourth-order valence-corrected chi connectivity index (χ4v) is 1.80. The molecule has 100 valence electrons. The quantitative estimate of drug-likeness (QED) is 0.717. The van der Waals surface area contributed by atoms with Crippen LogP contribution in [-0.2, 0) is 0 Å². The van der Waals surface area contributed by atoms with Gasteiger partial charge < -0.3 is 4.74 Å². The second-order valence-electron chi connectivity index (χ2n) is 4.68. The number of hydrogen-bond acceptors (Lipinski definition) is 1. The van der Waals surface area contributed by atoms with E-state index in [2.05, 4.69) is 42.7 Å². The number of allylic oxidation sites excluding steroid dienone is 1. The lowest BCUT2D eigenvalue weighted by molar-refractivity contribution is 0.415. The summed E-state index contributed by atoms with van der Waals surface area (Å²) in [5.41, 5.74) is 10.8. The fourth-order valence-electron chi connectivity index (χ4n) is 1.80. The van der Waals surface area contributed by atoms with Crippen molar-refractivity contribution in [2.24, 2.45) is 0 Å². The van der Waals surface area contributed by atoms with Gasteiger partial charge in [-0.2, -0.15) is 0 Å². The van der Waals surface area contributed by atoms with E-state index in [1.807, 2.05) is 37.3 Å². The number of ether oxygens (including phenoxy) is 1. The standard InChI is InChI=1S/C19H18O/c1-15-7-9-17(10-8-15)6-4-5-16(2)18-11-13-19(20-3)14-12-18/h6-14H,1-3H3. The van der Waals surface area contributed by atoms with Gasteiger partial charge in [-0.3, -0.25) is 0 Å². The normalized spacial score (nSPS) is 9.35. The van der Waals surface area contributed by atoms with Gasteiger partial charge in [-0.15, -0.1) is 0 Å². The van der Waals surface area contributed by atoms with Gasteiger partial charge in [-0.1, -0.05) is 53.4 Å². The first-order valence-electron chi connectivity index (χ1n) is 6.58. The number of hydrogen-bond donors (Lipinski definition) is 0. The molecule has 0 atom stereocenters.